The van der Waals surface area contributed by atoms with E-state index in [1.807, 2.05) is 17.7 Å². The summed E-state index contributed by atoms with van der Waals surface area (Å²) in [5, 5.41) is 9.89. The summed E-state index contributed by atoms with van der Waals surface area (Å²) in [5.74, 6) is -0.321. The van der Waals surface area contributed by atoms with Gasteiger partial charge in [0.1, 0.15) is 5.82 Å². The van der Waals surface area contributed by atoms with Crippen molar-refractivity contribution in [1.29, 1.82) is 0 Å². The Morgan fingerprint density at radius 1 is 1.36 bits per heavy atom. The number of aliphatic hydroxyl groups excluding tert-OH is 1. The van der Waals surface area contributed by atoms with Crippen LogP contribution in [-0.2, 0) is 7.05 Å². The lowest BCUT2D eigenvalue weighted by atomic mass is 10.1. The monoisotopic (exact) mass is 193 g/mol. The summed E-state index contributed by atoms with van der Waals surface area (Å²) in [6.45, 7) is 1.56. The number of aliphatic hydroxyl groups is 1. The number of halogens is 1. The molecule has 1 heterocycles. The third-order valence-corrected chi connectivity index (χ3v) is 2.48. The molecule has 2 rings (SSSR count). The number of aryl methyl sites for hydroxylation is 1. The molecule has 0 aliphatic carbocycles. The van der Waals surface area contributed by atoms with Gasteiger partial charge in [0, 0.05) is 24.2 Å². The van der Waals surface area contributed by atoms with Gasteiger partial charge in [-0.05, 0) is 19.1 Å². The van der Waals surface area contributed by atoms with Crippen molar-refractivity contribution in [3.63, 3.8) is 0 Å². The van der Waals surface area contributed by atoms with E-state index in [-0.39, 0.29) is 5.82 Å². The number of nitrogens with zero attached hydrogens (tertiary/aromatic N) is 1. The number of rotatable bonds is 1. The first-order valence-electron chi connectivity index (χ1n) is 4.52. The molecule has 0 spiro atoms. The average Bonchev–Trinajstić information content (AvgIpc) is 2.49. The third-order valence-electron chi connectivity index (χ3n) is 2.48. The van der Waals surface area contributed by atoms with Crippen LogP contribution in [0.25, 0.3) is 10.9 Å². The zero-order valence-electron chi connectivity index (χ0n) is 8.16. The fraction of sp³-hybridized carbons (Fsp3) is 0.273. The Morgan fingerprint density at radius 2 is 2.07 bits per heavy atom. The van der Waals surface area contributed by atoms with E-state index in [0.717, 1.165) is 5.52 Å². The predicted octanol–water partition coefficient (Wildman–Crippen LogP) is 2.37. The zero-order valence-corrected chi connectivity index (χ0v) is 8.16. The molecule has 0 saturated heterocycles. The smallest absolute Gasteiger partial charge is 0.138 e. The molecule has 0 saturated carbocycles. The number of hydrogen-bond acceptors (Lipinski definition) is 1. The van der Waals surface area contributed by atoms with Crippen LogP contribution in [0.1, 0.15) is 18.6 Å². The van der Waals surface area contributed by atoms with E-state index in [9.17, 15) is 9.50 Å². The van der Waals surface area contributed by atoms with Gasteiger partial charge in [0.15, 0.2) is 0 Å². The number of hydrogen-bond donors (Lipinski definition) is 1. The lowest BCUT2D eigenvalue weighted by Gasteiger charge is -2.07. The molecule has 14 heavy (non-hydrogen) atoms. The van der Waals surface area contributed by atoms with Crippen LogP contribution in [0.15, 0.2) is 24.4 Å². The highest BCUT2D eigenvalue weighted by Gasteiger charge is 2.12. The van der Waals surface area contributed by atoms with E-state index in [0.29, 0.717) is 10.9 Å². The maximum atomic E-state index is 13.8. The van der Waals surface area contributed by atoms with Gasteiger partial charge in [0.2, 0.25) is 0 Å². The van der Waals surface area contributed by atoms with Gasteiger partial charge in [-0.25, -0.2) is 4.39 Å². The SMILES string of the molecule is CC(O)c1ccc2c(ccn2C)c1F. The van der Waals surface area contributed by atoms with Gasteiger partial charge in [-0.1, -0.05) is 6.07 Å². The lowest BCUT2D eigenvalue weighted by molar-refractivity contribution is 0.194. The minimum atomic E-state index is -0.764. The predicted molar refractivity (Wildman–Crippen MR) is 53.5 cm³/mol. The summed E-state index contributed by atoms with van der Waals surface area (Å²) in [7, 11) is 1.86. The summed E-state index contributed by atoms with van der Waals surface area (Å²) in [4.78, 5) is 0. The van der Waals surface area contributed by atoms with Gasteiger partial charge in [0.25, 0.3) is 0 Å². The normalized spacial score (nSPS) is 13.4. The molecule has 0 amide bonds. The van der Waals surface area contributed by atoms with Crippen molar-refractivity contribution < 1.29 is 9.50 Å². The molecule has 1 unspecified atom stereocenters. The van der Waals surface area contributed by atoms with E-state index >= 15 is 0 Å². The molecule has 74 valence electrons. The quantitative estimate of drug-likeness (QED) is 0.739. The molecule has 1 atom stereocenters. The minimum absolute atomic E-state index is 0.321. The largest absolute Gasteiger partial charge is 0.389 e. The van der Waals surface area contributed by atoms with E-state index in [2.05, 4.69) is 0 Å². The Bertz CT molecular complexity index is 473. The standard InChI is InChI=1S/C11H12FNO/c1-7(14)8-3-4-10-9(11(8)12)5-6-13(10)2/h3-7,14H,1-2H3. The molecule has 0 aliphatic rings. The number of fused-ring (bicyclic) bond motifs is 1. The Balaban J connectivity index is 2.76. The van der Waals surface area contributed by atoms with Crippen molar-refractivity contribution in [2.24, 2.45) is 7.05 Å². The van der Waals surface area contributed by atoms with E-state index in [1.54, 1.807) is 25.3 Å². The summed E-state index contributed by atoms with van der Waals surface area (Å²) < 4.78 is 15.6. The van der Waals surface area contributed by atoms with Crippen LogP contribution in [-0.4, -0.2) is 9.67 Å². The van der Waals surface area contributed by atoms with Gasteiger partial charge in [-0.2, -0.15) is 0 Å². The van der Waals surface area contributed by atoms with Crippen LogP contribution >= 0.6 is 0 Å². The van der Waals surface area contributed by atoms with Crippen molar-refractivity contribution in [2.45, 2.75) is 13.0 Å². The number of aromatic nitrogens is 1. The van der Waals surface area contributed by atoms with E-state index in [4.69, 9.17) is 0 Å². The summed E-state index contributed by atoms with van der Waals surface area (Å²) in [6, 6.07) is 5.17. The summed E-state index contributed by atoms with van der Waals surface area (Å²) >= 11 is 0. The van der Waals surface area contributed by atoms with Crippen LogP contribution in [0.4, 0.5) is 4.39 Å². The Kier molecular flexibility index (Phi) is 2.04. The van der Waals surface area contributed by atoms with Crippen molar-refractivity contribution >= 4 is 10.9 Å². The Morgan fingerprint density at radius 3 is 2.71 bits per heavy atom. The second kappa shape index (κ2) is 3.10. The van der Waals surface area contributed by atoms with Crippen molar-refractivity contribution in [1.82, 2.24) is 4.57 Å². The first kappa shape index (κ1) is 9.21. The topological polar surface area (TPSA) is 25.2 Å². The summed E-state index contributed by atoms with van der Waals surface area (Å²) in [6.07, 6.45) is 1.04. The molecule has 0 radical (unpaired) electrons. The molecular formula is C11H12FNO. The first-order valence-corrected chi connectivity index (χ1v) is 4.52. The highest BCUT2D eigenvalue weighted by Crippen LogP contribution is 2.25. The van der Waals surface area contributed by atoms with E-state index in [1.165, 1.54) is 0 Å². The minimum Gasteiger partial charge on any atom is -0.389 e. The third kappa shape index (κ3) is 1.21. The highest BCUT2D eigenvalue weighted by atomic mass is 19.1. The molecule has 1 aromatic heterocycles. The Hall–Kier alpha value is -1.35. The molecular weight excluding hydrogens is 181 g/mol. The van der Waals surface area contributed by atoms with E-state index < -0.39 is 6.10 Å². The van der Waals surface area contributed by atoms with Gasteiger partial charge < -0.3 is 9.67 Å². The second-order valence-electron chi connectivity index (χ2n) is 3.50. The van der Waals surface area contributed by atoms with Crippen molar-refractivity contribution in [3.8, 4) is 0 Å². The fourth-order valence-corrected chi connectivity index (χ4v) is 1.66. The van der Waals surface area contributed by atoms with Gasteiger partial charge in [0.05, 0.1) is 11.6 Å². The molecule has 1 aromatic carbocycles. The molecule has 0 aliphatic heterocycles. The Labute approximate surface area is 81.6 Å². The van der Waals surface area contributed by atoms with Gasteiger partial charge in [-0.3, -0.25) is 0 Å². The van der Waals surface area contributed by atoms with Crippen LogP contribution in [0.3, 0.4) is 0 Å². The lowest BCUT2D eigenvalue weighted by Crippen LogP contribution is -1.96. The van der Waals surface area contributed by atoms with Gasteiger partial charge >= 0.3 is 0 Å². The van der Waals surface area contributed by atoms with Crippen LogP contribution < -0.4 is 0 Å². The summed E-state index contributed by atoms with van der Waals surface area (Å²) in [5.41, 5.74) is 1.19. The molecule has 0 bridgehead atoms. The van der Waals surface area contributed by atoms with Crippen molar-refractivity contribution in [3.05, 3.63) is 35.8 Å². The number of benzene rings is 1. The van der Waals surface area contributed by atoms with Gasteiger partial charge in [-0.15, -0.1) is 0 Å². The molecule has 2 aromatic rings. The second-order valence-corrected chi connectivity index (χ2v) is 3.50. The first-order chi connectivity index (χ1) is 6.61. The molecule has 3 heteroatoms. The zero-order chi connectivity index (χ0) is 10.3. The fourth-order valence-electron chi connectivity index (χ4n) is 1.66. The van der Waals surface area contributed by atoms with Crippen LogP contribution in [0.2, 0.25) is 0 Å². The molecule has 1 N–H and O–H groups in total. The average molecular weight is 193 g/mol. The van der Waals surface area contributed by atoms with Crippen LogP contribution in [0, 0.1) is 5.82 Å². The maximum Gasteiger partial charge on any atom is 0.138 e. The van der Waals surface area contributed by atoms with Crippen molar-refractivity contribution in [2.75, 3.05) is 0 Å². The van der Waals surface area contributed by atoms with Crippen LogP contribution in [0.5, 0.6) is 0 Å². The maximum absolute atomic E-state index is 13.8. The molecule has 0 fully saturated rings. The highest BCUT2D eigenvalue weighted by molar-refractivity contribution is 5.81. The molecule has 2 nitrogen and oxygen atoms in total.